The Morgan fingerprint density at radius 3 is 2.62 bits per heavy atom. The predicted octanol–water partition coefficient (Wildman–Crippen LogP) is 0.266. The molecule has 1 aromatic rings. The lowest BCUT2D eigenvalue weighted by atomic mass is 10.2. The van der Waals surface area contributed by atoms with Crippen LogP contribution in [0.25, 0.3) is 6.08 Å². The first-order valence-electron chi connectivity index (χ1n) is 4.56. The summed E-state index contributed by atoms with van der Waals surface area (Å²) in [7, 11) is 0. The number of nitrogens with one attached hydrogen (secondary N) is 1. The normalized spacial score (nSPS) is 10.1. The fourth-order valence-corrected chi connectivity index (χ4v) is 0.902. The summed E-state index contributed by atoms with van der Waals surface area (Å²) in [5.74, 6) is -1.49. The van der Waals surface area contributed by atoms with Gasteiger partial charge in [0.05, 0.1) is 0 Å². The summed E-state index contributed by atoms with van der Waals surface area (Å²) in [5, 5.41) is 8.33. The maximum Gasteiger partial charge on any atom is 0.355 e. The van der Waals surface area contributed by atoms with Crippen molar-refractivity contribution >= 4 is 18.0 Å². The molecule has 0 aliphatic heterocycles. The zero-order valence-electron chi connectivity index (χ0n) is 8.42. The zero-order chi connectivity index (χ0) is 11.8. The third-order valence-corrected chi connectivity index (χ3v) is 1.62. The molecular formula is C11H11NO4. The molecule has 84 valence electrons. The molecule has 5 nitrogen and oxygen atoms in total. The third-order valence-electron chi connectivity index (χ3n) is 1.62. The number of amides is 1. The Morgan fingerprint density at radius 1 is 1.31 bits per heavy atom. The first kappa shape index (κ1) is 11.9. The summed E-state index contributed by atoms with van der Waals surface area (Å²) in [4.78, 5) is 25.9. The van der Waals surface area contributed by atoms with Gasteiger partial charge in [0.1, 0.15) is 6.61 Å². The van der Waals surface area contributed by atoms with Crippen molar-refractivity contribution in [1.29, 1.82) is 0 Å². The topological polar surface area (TPSA) is 75.6 Å². The Labute approximate surface area is 92.3 Å². The molecule has 0 aromatic heterocycles. The predicted molar refractivity (Wildman–Crippen MR) is 56.8 cm³/mol. The molecule has 0 atom stereocenters. The van der Waals surface area contributed by atoms with Crippen LogP contribution in [-0.4, -0.2) is 23.6 Å². The van der Waals surface area contributed by atoms with Crippen molar-refractivity contribution in [2.75, 3.05) is 6.61 Å². The molecule has 1 rings (SSSR count). The second-order valence-electron chi connectivity index (χ2n) is 2.85. The maximum atomic E-state index is 11.0. The van der Waals surface area contributed by atoms with E-state index in [-0.39, 0.29) is 0 Å². The molecule has 0 radical (unpaired) electrons. The minimum Gasteiger partial charge on any atom is -0.386 e. The number of hydrogen-bond acceptors (Lipinski definition) is 4. The number of hydroxylamine groups is 1. The van der Waals surface area contributed by atoms with E-state index >= 15 is 0 Å². The SMILES string of the molecule is O=C(CO)NOC(=O)C=Cc1ccccc1. The van der Waals surface area contributed by atoms with Gasteiger partial charge in [0.15, 0.2) is 0 Å². The smallest absolute Gasteiger partial charge is 0.355 e. The van der Waals surface area contributed by atoms with Gasteiger partial charge in [-0.2, -0.15) is 5.48 Å². The van der Waals surface area contributed by atoms with Crippen molar-refractivity contribution < 1.29 is 19.5 Å². The molecule has 0 saturated carbocycles. The second kappa shape index (κ2) is 6.36. The van der Waals surface area contributed by atoms with Crippen LogP contribution >= 0.6 is 0 Å². The standard InChI is InChI=1S/C11H11NO4/c13-8-10(14)12-16-11(15)7-6-9-4-2-1-3-5-9/h1-7,13H,8H2,(H,12,14). The van der Waals surface area contributed by atoms with Gasteiger partial charge < -0.3 is 9.94 Å². The van der Waals surface area contributed by atoms with Crippen LogP contribution < -0.4 is 5.48 Å². The first-order valence-corrected chi connectivity index (χ1v) is 4.56. The van der Waals surface area contributed by atoms with Crippen molar-refractivity contribution in [3.63, 3.8) is 0 Å². The number of carbonyl (C=O) groups excluding carboxylic acids is 2. The minimum atomic E-state index is -0.776. The summed E-state index contributed by atoms with van der Waals surface area (Å²) in [6, 6.07) is 9.15. The quantitative estimate of drug-likeness (QED) is 0.567. The second-order valence-corrected chi connectivity index (χ2v) is 2.85. The molecule has 5 heteroatoms. The molecule has 0 unspecified atom stereocenters. The van der Waals surface area contributed by atoms with Gasteiger partial charge in [-0.15, -0.1) is 0 Å². The summed E-state index contributed by atoms with van der Waals surface area (Å²) < 4.78 is 0. The van der Waals surface area contributed by atoms with Crippen LogP contribution in [0.5, 0.6) is 0 Å². The molecule has 0 bridgehead atoms. The highest BCUT2D eigenvalue weighted by molar-refractivity contribution is 5.88. The van der Waals surface area contributed by atoms with E-state index in [0.29, 0.717) is 0 Å². The molecule has 16 heavy (non-hydrogen) atoms. The van der Waals surface area contributed by atoms with Gasteiger partial charge in [-0.1, -0.05) is 30.3 Å². The lowest BCUT2D eigenvalue weighted by Gasteiger charge is -2.00. The van der Waals surface area contributed by atoms with Crippen LogP contribution in [0.1, 0.15) is 5.56 Å². The van der Waals surface area contributed by atoms with E-state index in [4.69, 9.17) is 5.11 Å². The van der Waals surface area contributed by atoms with E-state index < -0.39 is 18.5 Å². The molecule has 2 N–H and O–H groups in total. The summed E-state index contributed by atoms with van der Waals surface area (Å²) >= 11 is 0. The summed E-state index contributed by atoms with van der Waals surface area (Å²) in [5.41, 5.74) is 2.62. The molecular weight excluding hydrogens is 210 g/mol. The van der Waals surface area contributed by atoms with Crippen LogP contribution in [0, 0.1) is 0 Å². The molecule has 1 aromatic carbocycles. The zero-order valence-corrected chi connectivity index (χ0v) is 8.42. The van der Waals surface area contributed by atoms with E-state index in [0.717, 1.165) is 5.56 Å². The molecule has 0 spiro atoms. The number of hydrogen-bond donors (Lipinski definition) is 2. The number of rotatable bonds is 3. The van der Waals surface area contributed by atoms with Crippen LogP contribution in [0.4, 0.5) is 0 Å². The third kappa shape index (κ3) is 4.39. The van der Waals surface area contributed by atoms with Crippen molar-refractivity contribution in [2.45, 2.75) is 0 Å². The van der Waals surface area contributed by atoms with E-state index in [1.54, 1.807) is 11.6 Å². The highest BCUT2D eigenvalue weighted by Crippen LogP contribution is 2.00. The van der Waals surface area contributed by atoms with Gasteiger partial charge in [-0.3, -0.25) is 4.79 Å². The minimum absolute atomic E-state index is 0.717. The van der Waals surface area contributed by atoms with E-state index in [1.165, 1.54) is 6.08 Å². The van der Waals surface area contributed by atoms with Gasteiger partial charge in [0, 0.05) is 6.08 Å². The Morgan fingerprint density at radius 2 is 2.00 bits per heavy atom. The van der Waals surface area contributed by atoms with Crippen LogP contribution in [0.2, 0.25) is 0 Å². The Balaban J connectivity index is 2.40. The largest absolute Gasteiger partial charge is 0.386 e. The van der Waals surface area contributed by atoms with Crippen molar-refractivity contribution in [3.8, 4) is 0 Å². The van der Waals surface area contributed by atoms with Gasteiger partial charge in [-0.25, -0.2) is 4.79 Å². The average Bonchev–Trinajstić information content (AvgIpc) is 2.34. The Bertz CT molecular complexity index is 386. The van der Waals surface area contributed by atoms with Gasteiger partial charge in [-0.05, 0) is 11.6 Å². The number of carbonyl (C=O) groups is 2. The van der Waals surface area contributed by atoms with Crippen molar-refractivity contribution in [2.24, 2.45) is 0 Å². The van der Waals surface area contributed by atoms with Gasteiger partial charge in [0.2, 0.25) is 0 Å². The molecule has 0 aliphatic rings. The molecule has 0 heterocycles. The molecule has 0 fully saturated rings. The van der Waals surface area contributed by atoms with Crippen molar-refractivity contribution in [1.82, 2.24) is 5.48 Å². The molecule has 1 amide bonds. The average molecular weight is 221 g/mol. The fraction of sp³-hybridized carbons (Fsp3) is 0.0909. The van der Waals surface area contributed by atoms with Gasteiger partial charge in [0.25, 0.3) is 5.91 Å². The summed E-state index contributed by atoms with van der Waals surface area (Å²) in [6.07, 6.45) is 2.72. The van der Waals surface area contributed by atoms with Crippen LogP contribution in [0.15, 0.2) is 36.4 Å². The first-order chi connectivity index (χ1) is 7.72. The van der Waals surface area contributed by atoms with Crippen LogP contribution in [0.3, 0.4) is 0 Å². The van der Waals surface area contributed by atoms with Crippen LogP contribution in [-0.2, 0) is 14.4 Å². The van der Waals surface area contributed by atoms with Crippen molar-refractivity contribution in [3.05, 3.63) is 42.0 Å². The number of benzene rings is 1. The maximum absolute atomic E-state index is 11.0. The van der Waals surface area contributed by atoms with E-state index in [9.17, 15) is 9.59 Å². The Kier molecular flexibility index (Phi) is 4.75. The monoisotopic (exact) mass is 221 g/mol. The fourth-order valence-electron chi connectivity index (χ4n) is 0.902. The van der Waals surface area contributed by atoms with Gasteiger partial charge >= 0.3 is 5.97 Å². The van der Waals surface area contributed by atoms with E-state index in [1.807, 2.05) is 30.3 Å². The lowest BCUT2D eigenvalue weighted by molar-refractivity contribution is -0.154. The highest BCUT2D eigenvalue weighted by Gasteiger charge is 2.01. The highest BCUT2D eigenvalue weighted by atomic mass is 16.7. The Hall–Kier alpha value is -2.14. The molecule has 0 saturated heterocycles. The number of aliphatic hydroxyl groups is 1. The molecule has 0 aliphatic carbocycles. The van der Waals surface area contributed by atoms with E-state index in [2.05, 4.69) is 4.84 Å². The summed E-state index contributed by atoms with van der Waals surface area (Å²) in [6.45, 7) is -0.727. The lowest BCUT2D eigenvalue weighted by Crippen LogP contribution is -2.28. The number of aliphatic hydroxyl groups excluding tert-OH is 1.